The van der Waals surface area contributed by atoms with E-state index in [9.17, 15) is 18.0 Å². The van der Waals surface area contributed by atoms with Crippen molar-refractivity contribution in [2.24, 2.45) is 0 Å². The summed E-state index contributed by atoms with van der Waals surface area (Å²) in [5, 5.41) is 2.72. The van der Waals surface area contributed by atoms with Gasteiger partial charge < -0.3 is 5.32 Å². The molecule has 22 heavy (non-hydrogen) atoms. The summed E-state index contributed by atoms with van der Waals surface area (Å²) in [6.45, 7) is 1.88. The van der Waals surface area contributed by atoms with Crippen molar-refractivity contribution in [3.63, 3.8) is 0 Å². The summed E-state index contributed by atoms with van der Waals surface area (Å²) in [7, 11) is 0. The second kappa shape index (κ2) is 5.16. The van der Waals surface area contributed by atoms with E-state index in [4.69, 9.17) is 0 Å². The van der Waals surface area contributed by atoms with E-state index in [0.29, 0.717) is 5.69 Å². The quantitative estimate of drug-likeness (QED) is 0.826. The van der Waals surface area contributed by atoms with Crippen LogP contribution in [0.15, 0.2) is 42.5 Å². The van der Waals surface area contributed by atoms with Crippen LogP contribution in [0, 0.1) is 6.92 Å². The van der Waals surface area contributed by atoms with Gasteiger partial charge in [-0.2, -0.15) is 13.2 Å². The first kappa shape index (κ1) is 14.6. The van der Waals surface area contributed by atoms with Crippen LogP contribution in [0.4, 0.5) is 18.9 Å². The molecular formula is C17H14F3NO. The second-order valence-corrected chi connectivity index (χ2v) is 5.48. The highest BCUT2D eigenvalue weighted by molar-refractivity contribution is 5.95. The minimum Gasteiger partial charge on any atom is -0.326 e. The normalized spacial score (nSPS) is 17.8. The fourth-order valence-corrected chi connectivity index (χ4v) is 2.92. The molecule has 1 N–H and O–H groups in total. The number of alkyl halides is 3. The van der Waals surface area contributed by atoms with E-state index in [1.165, 1.54) is 12.1 Å². The summed E-state index contributed by atoms with van der Waals surface area (Å²) >= 11 is 0. The number of rotatable bonds is 1. The molecule has 5 heteroatoms. The van der Waals surface area contributed by atoms with Crippen LogP contribution in [0.3, 0.4) is 0 Å². The zero-order valence-corrected chi connectivity index (χ0v) is 11.9. The van der Waals surface area contributed by atoms with Gasteiger partial charge in [-0.05, 0) is 30.2 Å². The van der Waals surface area contributed by atoms with Crippen LogP contribution in [0.25, 0.3) is 0 Å². The highest BCUT2D eigenvalue weighted by atomic mass is 19.4. The average Bonchev–Trinajstić information content (AvgIpc) is 2.46. The van der Waals surface area contributed by atoms with Crippen molar-refractivity contribution < 1.29 is 18.0 Å². The largest absolute Gasteiger partial charge is 0.416 e. The lowest BCUT2D eigenvalue weighted by atomic mass is 9.82. The minimum absolute atomic E-state index is 0.0174. The number of fused-ring (bicyclic) bond motifs is 1. The Bertz CT molecular complexity index is 737. The summed E-state index contributed by atoms with van der Waals surface area (Å²) < 4.78 is 39.8. The highest BCUT2D eigenvalue weighted by Crippen LogP contribution is 2.42. The Labute approximate surface area is 126 Å². The van der Waals surface area contributed by atoms with E-state index in [1.54, 1.807) is 12.1 Å². The summed E-state index contributed by atoms with van der Waals surface area (Å²) in [6.07, 6.45) is -4.42. The first-order chi connectivity index (χ1) is 10.4. The van der Waals surface area contributed by atoms with Crippen molar-refractivity contribution in [3.05, 3.63) is 64.7 Å². The van der Waals surface area contributed by atoms with Gasteiger partial charge in [0.1, 0.15) is 0 Å². The molecule has 0 radical (unpaired) electrons. The number of hydrogen-bond acceptors (Lipinski definition) is 1. The molecule has 2 aromatic carbocycles. The smallest absolute Gasteiger partial charge is 0.326 e. The van der Waals surface area contributed by atoms with Gasteiger partial charge in [0.05, 0.1) is 5.56 Å². The third-order valence-electron chi connectivity index (χ3n) is 3.89. The summed E-state index contributed by atoms with van der Waals surface area (Å²) in [4.78, 5) is 11.9. The van der Waals surface area contributed by atoms with Gasteiger partial charge in [-0.25, -0.2) is 0 Å². The van der Waals surface area contributed by atoms with Crippen LogP contribution < -0.4 is 5.32 Å². The van der Waals surface area contributed by atoms with E-state index in [0.717, 1.165) is 17.2 Å². The molecule has 1 amide bonds. The van der Waals surface area contributed by atoms with Crippen molar-refractivity contribution in [1.29, 1.82) is 0 Å². The van der Waals surface area contributed by atoms with Crippen molar-refractivity contribution in [1.82, 2.24) is 0 Å². The zero-order valence-electron chi connectivity index (χ0n) is 11.9. The molecule has 1 unspecified atom stereocenters. The summed E-state index contributed by atoms with van der Waals surface area (Å²) in [5.41, 5.74) is 1.74. The third-order valence-corrected chi connectivity index (χ3v) is 3.89. The van der Waals surface area contributed by atoms with E-state index in [2.05, 4.69) is 5.32 Å². The lowest BCUT2D eigenvalue weighted by molar-refractivity contribution is -0.138. The number of halogens is 3. The molecule has 0 saturated heterocycles. The predicted molar refractivity (Wildman–Crippen MR) is 77.7 cm³/mol. The lowest BCUT2D eigenvalue weighted by Gasteiger charge is -2.28. The molecule has 114 valence electrons. The number of hydrogen-bond donors (Lipinski definition) is 1. The number of carbonyl (C=O) groups is 1. The van der Waals surface area contributed by atoms with E-state index >= 15 is 0 Å². The molecular weight excluding hydrogens is 291 g/mol. The first-order valence-electron chi connectivity index (χ1n) is 6.93. The summed E-state index contributed by atoms with van der Waals surface area (Å²) in [5.74, 6) is -0.847. The molecule has 2 aromatic rings. The number of benzene rings is 2. The predicted octanol–water partition coefficient (Wildman–Crippen LogP) is 4.49. The van der Waals surface area contributed by atoms with Gasteiger partial charge in [0.25, 0.3) is 0 Å². The average molecular weight is 305 g/mol. The molecule has 0 saturated carbocycles. The molecule has 1 heterocycles. The standard InChI is InChI=1S/C17H14F3NO/c1-10-6-7-15-13(8-10)12(9-16(22)21-15)11-4-2-3-5-14(11)17(18,19)20/h2-8,12H,9H2,1H3,(H,21,22). The Morgan fingerprint density at radius 1 is 1.09 bits per heavy atom. The molecule has 0 aliphatic carbocycles. The van der Waals surface area contributed by atoms with Gasteiger partial charge in [-0.3, -0.25) is 4.79 Å². The Balaban J connectivity index is 2.18. The maximum absolute atomic E-state index is 13.3. The van der Waals surface area contributed by atoms with E-state index in [1.807, 2.05) is 19.1 Å². The fourth-order valence-electron chi connectivity index (χ4n) is 2.92. The topological polar surface area (TPSA) is 29.1 Å². The Morgan fingerprint density at radius 3 is 2.55 bits per heavy atom. The molecule has 0 aromatic heterocycles. The number of carbonyl (C=O) groups excluding carboxylic acids is 1. The molecule has 0 spiro atoms. The Morgan fingerprint density at radius 2 is 1.82 bits per heavy atom. The molecule has 0 bridgehead atoms. The molecule has 1 aliphatic heterocycles. The number of aryl methyl sites for hydroxylation is 1. The van der Waals surface area contributed by atoms with Crippen LogP contribution >= 0.6 is 0 Å². The minimum atomic E-state index is -4.44. The van der Waals surface area contributed by atoms with Crippen LogP contribution in [-0.4, -0.2) is 5.91 Å². The fraction of sp³-hybridized carbons (Fsp3) is 0.235. The second-order valence-electron chi connectivity index (χ2n) is 5.48. The molecule has 1 atom stereocenters. The lowest BCUT2D eigenvalue weighted by Crippen LogP contribution is -2.25. The molecule has 3 rings (SSSR count). The van der Waals surface area contributed by atoms with Crippen molar-refractivity contribution in [3.8, 4) is 0 Å². The highest BCUT2D eigenvalue weighted by Gasteiger charge is 2.37. The van der Waals surface area contributed by atoms with Gasteiger partial charge in [-0.1, -0.05) is 35.9 Å². The van der Waals surface area contributed by atoms with Crippen LogP contribution in [-0.2, 0) is 11.0 Å². The van der Waals surface area contributed by atoms with Crippen molar-refractivity contribution in [2.45, 2.75) is 25.4 Å². The molecule has 1 aliphatic rings. The third kappa shape index (κ3) is 2.58. The number of amides is 1. The zero-order chi connectivity index (χ0) is 15.9. The van der Waals surface area contributed by atoms with Crippen LogP contribution in [0.5, 0.6) is 0 Å². The Kier molecular flexibility index (Phi) is 3.43. The Hall–Kier alpha value is -2.30. The molecule has 0 fully saturated rings. The van der Waals surface area contributed by atoms with Gasteiger partial charge in [0.15, 0.2) is 0 Å². The van der Waals surface area contributed by atoms with E-state index < -0.39 is 17.7 Å². The van der Waals surface area contributed by atoms with Gasteiger partial charge in [0, 0.05) is 18.0 Å². The van der Waals surface area contributed by atoms with Gasteiger partial charge in [0.2, 0.25) is 5.91 Å². The van der Waals surface area contributed by atoms with Gasteiger partial charge >= 0.3 is 6.18 Å². The number of anilines is 1. The van der Waals surface area contributed by atoms with E-state index in [-0.39, 0.29) is 17.9 Å². The van der Waals surface area contributed by atoms with Crippen LogP contribution in [0.2, 0.25) is 0 Å². The van der Waals surface area contributed by atoms with Crippen molar-refractivity contribution >= 4 is 11.6 Å². The van der Waals surface area contributed by atoms with Crippen LogP contribution in [0.1, 0.15) is 34.6 Å². The monoisotopic (exact) mass is 305 g/mol. The van der Waals surface area contributed by atoms with Gasteiger partial charge in [-0.15, -0.1) is 0 Å². The molecule has 2 nitrogen and oxygen atoms in total. The maximum atomic E-state index is 13.3. The SMILES string of the molecule is Cc1ccc2c(c1)C(c1ccccc1C(F)(F)F)CC(=O)N2. The first-order valence-corrected chi connectivity index (χ1v) is 6.93. The van der Waals surface area contributed by atoms with Crippen molar-refractivity contribution in [2.75, 3.05) is 5.32 Å². The number of nitrogens with one attached hydrogen (secondary N) is 1. The maximum Gasteiger partial charge on any atom is 0.416 e. The summed E-state index contributed by atoms with van der Waals surface area (Å²) in [6, 6.07) is 10.9.